The van der Waals surface area contributed by atoms with Crippen LogP contribution in [0.25, 0.3) is 10.4 Å². The highest BCUT2D eigenvalue weighted by atomic mass is 32.1. The van der Waals surface area contributed by atoms with Crippen LogP contribution in [0.5, 0.6) is 0 Å². The van der Waals surface area contributed by atoms with Gasteiger partial charge >= 0.3 is 5.97 Å². The van der Waals surface area contributed by atoms with E-state index in [0.717, 1.165) is 27.4 Å². The number of thiazole rings is 1. The van der Waals surface area contributed by atoms with Crippen LogP contribution in [0, 0.1) is 19.8 Å². The molecule has 1 fully saturated rings. The fraction of sp³-hybridized carbons (Fsp3) is 0.364. The molecule has 1 aliphatic carbocycles. The lowest BCUT2D eigenvalue weighted by atomic mass is 9.79. The van der Waals surface area contributed by atoms with E-state index in [2.05, 4.69) is 26.3 Å². The summed E-state index contributed by atoms with van der Waals surface area (Å²) < 4.78 is 0. The number of aliphatic carboxylic acids is 1. The Morgan fingerprint density at radius 2 is 1.97 bits per heavy atom. The van der Waals surface area contributed by atoms with Gasteiger partial charge in [-0.15, -0.1) is 11.3 Å². The highest BCUT2D eigenvalue weighted by Crippen LogP contribution is 2.43. The second kappa shape index (κ2) is 8.12. The topological polar surface area (TPSA) is 108 Å². The predicted octanol–water partition coefficient (Wildman–Crippen LogP) is 4.42. The number of aliphatic hydroxyl groups is 1. The van der Waals surface area contributed by atoms with Crippen molar-refractivity contribution in [1.82, 2.24) is 15.0 Å². The van der Waals surface area contributed by atoms with Gasteiger partial charge in [0.05, 0.1) is 10.8 Å². The third kappa shape index (κ3) is 4.34. The maximum absolute atomic E-state index is 11.2. The van der Waals surface area contributed by atoms with Gasteiger partial charge in [-0.25, -0.2) is 15.0 Å². The summed E-state index contributed by atoms with van der Waals surface area (Å²) in [6, 6.07) is 7.96. The molecule has 30 heavy (non-hydrogen) atoms. The lowest BCUT2D eigenvalue weighted by Crippen LogP contribution is -2.33. The van der Waals surface area contributed by atoms with E-state index in [0.29, 0.717) is 36.6 Å². The van der Waals surface area contributed by atoms with E-state index in [9.17, 15) is 15.0 Å². The van der Waals surface area contributed by atoms with E-state index >= 15 is 0 Å². The number of benzene rings is 1. The van der Waals surface area contributed by atoms with Crippen LogP contribution in [0.3, 0.4) is 0 Å². The van der Waals surface area contributed by atoms with E-state index < -0.39 is 11.6 Å². The molecule has 7 nitrogen and oxygen atoms in total. The van der Waals surface area contributed by atoms with Gasteiger partial charge in [0.2, 0.25) is 5.95 Å². The summed E-state index contributed by atoms with van der Waals surface area (Å²) in [4.78, 5) is 25.3. The Labute approximate surface area is 178 Å². The maximum atomic E-state index is 11.2. The minimum absolute atomic E-state index is 0.376. The van der Waals surface area contributed by atoms with Gasteiger partial charge in [0.1, 0.15) is 10.6 Å². The smallest absolute Gasteiger partial charge is 0.306 e. The van der Waals surface area contributed by atoms with E-state index in [1.54, 1.807) is 12.4 Å². The van der Waals surface area contributed by atoms with E-state index in [1.807, 2.05) is 32.0 Å². The molecular weight excluding hydrogens is 400 g/mol. The Kier molecular flexibility index (Phi) is 5.53. The monoisotopic (exact) mass is 424 g/mol. The molecule has 0 bridgehead atoms. The Morgan fingerprint density at radius 3 is 2.67 bits per heavy atom. The third-order valence-corrected chi connectivity index (χ3v) is 6.72. The van der Waals surface area contributed by atoms with Gasteiger partial charge in [-0.1, -0.05) is 6.07 Å². The fourth-order valence-corrected chi connectivity index (χ4v) is 4.86. The van der Waals surface area contributed by atoms with Crippen molar-refractivity contribution in [2.45, 2.75) is 45.1 Å². The summed E-state index contributed by atoms with van der Waals surface area (Å²) >= 11 is 1.46. The van der Waals surface area contributed by atoms with Crippen LogP contribution >= 0.6 is 11.3 Å². The van der Waals surface area contributed by atoms with Gasteiger partial charge in [-0.05, 0) is 68.9 Å². The van der Waals surface area contributed by atoms with Gasteiger partial charge in [0, 0.05) is 23.8 Å². The van der Waals surface area contributed by atoms with Crippen LogP contribution in [0.15, 0.2) is 36.7 Å². The van der Waals surface area contributed by atoms with Crippen molar-refractivity contribution < 1.29 is 15.0 Å². The van der Waals surface area contributed by atoms with Crippen LogP contribution in [0.2, 0.25) is 0 Å². The third-order valence-electron chi connectivity index (χ3n) is 5.48. The fourth-order valence-electron chi connectivity index (χ4n) is 3.81. The molecule has 0 aliphatic heterocycles. The first kappa shape index (κ1) is 20.4. The van der Waals surface area contributed by atoms with E-state index in [4.69, 9.17) is 0 Å². The predicted molar refractivity (Wildman–Crippen MR) is 116 cm³/mol. The molecule has 3 aromatic rings. The maximum Gasteiger partial charge on any atom is 0.306 e. The molecule has 2 aromatic heterocycles. The van der Waals surface area contributed by atoms with Crippen molar-refractivity contribution >= 4 is 28.9 Å². The van der Waals surface area contributed by atoms with Gasteiger partial charge in [-0.2, -0.15) is 0 Å². The largest absolute Gasteiger partial charge is 0.481 e. The van der Waals surface area contributed by atoms with E-state index in [1.165, 1.54) is 11.3 Å². The van der Waals surface area contributed by atoms with Crippen LogP contribution in [0.1, 0.15) is 41.9 Å². The first-order chi connectivity index (χ1) is 14.3. The molecule has 0 saturated heterocycles. The number of aromatic nitrogens is 3. The number of hydrogen-bond acceptors (Lipinski definition) is 7. The summed E-state index contributed by atoms with van der Waals surface area (Å²) in [6.07, 6.45) is 5.27. The molecule has 8 heteroatoms. The van der Waals surface area contributed by atoms with Crippen LogP contribution in [0.4, 0.5) is 11.6 Å². The molecule has 156 valence electrons. The summed E-state index contributed by atoms with van der Waals surface area (Å²) in [6.45, 7) is 3.94. The molecular formula is C22H24N4O3S. The molecule has 0 atom stereocenters. The standard InChI is InChI=1S/C22H24N4O3S/c1-13-9-16(11-17(10-13)26-21-23-8-5-14(2)25-21)18-12-24-20(30-18)22(29)6-3-15(4-7-22)19(27)28/h5,8-12,15,29H,3-4,6-7H2,1-2H3,(H,27,28)(H,23,25,26)/t15-,22-. The molecule has 0 amide bonds. The Balaban J connectivity index is 1.56. The average molecular weight is 425 g/mol. The molecule has 3 N–H and O–H groups in total. The zero-order valence-electron chi connectivity index (χ0n) is 16.9. The second-order valence-electron chi connectivity index (χ2n) is 7.91. The lowest BCUT2D eigenvalue weighted by molar-refractivity contribution is -0.145. The zero-order chi connectivity index (χ0) is 21.3. The van der Waals surface area contributed by atoms with Crippen molar-refractivity contribution in [3.63, 3.8) is 0 Å². The minimum atomic E-state index is -1.05. The molecule has 0 spiro atoms. The average Bonchev–Trinajstić information content (AvgIpc) is 3.19. The number of carboxylic acids is 1. The molecule has 0 unspecified atom stereocenters. The molecule has 4 rings (SSSR count). The number of nitrogens with zero attached hydrogens (tertiary/aromatic N) is 3. The number of aryl methyl sites for hydroxylation is 2. The quantitative estimate of drug-likeness (QED) is 0.556. The van der Waals surface area contributed by atoms with Crippen molar-refractivity contribution in [3.8, 4) is 10.4 Å². The zero-order valence-corrected chi connectivity index (χ0v) is 17.7. The summed E-state index contributed by atoms with van der Waals surface area (Å²) in [7, 11) is 0. The highest BCUT2D eigenvalue weighted by molar-refractivity contribution is 7.15. The number of hydrogen-bond donors (Lipinski definition) is 3. The van der Waals surface area contributed by atoms with Crippen molar-refractivity contribution in [3.05, 3.63) is 52.9 Å². The highest BCUT2D eigenvalue weighted by Gasteiger charge is 2.39. The number of nitrogens with one attached hydrogen (secondary N) is 1. The molecule has 1 aliphatic rings. The van der Waals surface area contributed by atoms with Crippen molar-refractivity contribution in [2.24, 2.45) is 5.92 Å². The molecule has 2 heterocycles. The van der Waals surface area contributed by atoms with E-state index in [-0.39, 0.29) is 5.92 Å². The first-order valence-corrected chi connectivity index (χ1v) is 10.7. The summed E-state index contributed by atoms with van der Waals surface area (Å²) in [5.41, 5.74) is 2.80. The van der Waals surface area contributed by atoms with Gasteiger partial charge in [0.25, 0.3) is 0 Å². The van der Waals surface area contributed by atoms with Gasteiger partial charge in [0.15, 0.2) is 0 Å². The Bertz CT molecular complexity index is 1070. The second-order valence-corrected chi connectivity index (χ2v) is 8.94. The number of rotatable bonds is 5. The normalized spacial score (nSPS) is 21.4. The number of carbonyl (C=O) groups is 1. The lowest BCUT2D eigenvalue weighted by Gasteiger charge is -2.32. The Morgan fingerprint density at radius 1 is 1.20 bits per heavy atom. The summed E-state index contributed by atoms with van der Waals surface area (Å²) in [5, 5.41) is 24.2. The van der Waals surface area contributed by atoms with Crippen LogP contribution in [-0.4, -0.2) is 31.1 Å². The minimum Gasteiger partial charge on any atom is -0.481 e. The molecule has 0 radical (unpaired) electrons. The number of carboxylic acid groups (broad SMARTS) is 1. The van der Waals surface area contributed by atoms with Gasteiger partial charge < -0.3 is 15.5 Å². The SMILES string of the molecule is Cc1cc(Nc2nccc(C)n2)cc(-c2cnc([C@]3(O)CC[C@H](C(=O)O)CC3)s2)c1. The van der Waals surface area contributed by atoms with Crippen molar-refractivity contribution in [2.75, 3.05) is 5.32 Å². The Hall–Kier alpha value is -2.84. The first-order valence-electron chi connectivity index (χ1n) is 9.93. The molecule has 1 aromatic carbocycles. The van der Waals surface area contributed by atoms with Crippen LogP contribution in [-0.2, 0) is 10.4 Å². The van der Waals surface area contributed by atoms with Crippen molar-refractivity contribution in [1.29, 1.82) is 0 Å². The number of anilines is 2. The van der Waals surface area contributed by atoms with Crippen LogP contribution < -0.4 is 5.32 Å². The molecule has 1 saturated carbocycles. The summed E-state index contributed by atoms with van der Waals surface area (Å²) in [5.74, 6) is -0.616. The van der Waals surface area contributed by atoms with Gasteiger partial charge in [-0.3, -0.25) is 4.79 Å².